The van der Waals surface area contributed by atoms with Gasteiger partial charge in [-0.3, -0.25) is 4.79 Å². The molecule has 5 N–H and O–H groups in total. The summed E-state index contributed by atoms with van der Waals surface area (Å²) in [7, 11) is 0. The van der Waals surface area contributed by atoms with Crippen molar-refractivity contribution < 1.29 is 19.5 Å². The molecule has 7 nitrogen and oxygen atoms in total. The lowest BCUT2D eigenvalue weighted by molar-refractivity contribution is -0.139. The molecule has 0 aliphatic carbocycles. The van der Waals surface area contributed by atoms with Gasteiger partial charge in [-0.15, -0.1) is 0 Å². The molecular weight excluding hydrogens is 274 g/mol. The Kier molecular flexibility index (Phi) is 5.71. The summed E-state index contributed by atoms with van der Waals surface area (Å²) in [5.41, 5.74) is 5.73. The normalized spacial score (nSPS) is 11.8. The maximum Gasteiger partial charge on any atom is 0.326 e. The smallest absolute Gasteiger partial charge is 0.326 e. The molecule has 114 valence electrons. The topological polar surface area (TPSA) is 122 Å². The summed E-state index contributed by atoms with van der Waals surface area (Å²) >= 11 is 0. The van der Waals surface area contributed by atoms with Gasteiger partial charge in [0.2, 0.25) is 0 Å². The molecule has 1 rings (SSSR count). The molecule has 0 aliphatic rings. The number of primary amides is 1. The van der Waals surface area contributed by atoms with Crippen molar-refractivity contribution in [3.05, 3.63) is 29.8 Å². The first-order valence-corrected chi connectivity index (χ1v) is 6.49. The largest absolute Gasteiger partial charge is 0.480 e. The van der Waals surface area contributed by atoms with Gasteiger partial charge in [0.1, 0.15) is 6.04 Å². The number of nitrogens with one attached hydrogen (secondary N) is 2. The van der Waals surface area contributed by atoms with Crippen LogP contribution in [0.25, 0.3) is 0 Å². The van der Waals surface area contributed by atoms with Crippen molar-refractivity contribution >= 4 is 23.6 Å². The van der Waals surface area contributed by atoms with Crippen LogP contribution in [0.2, 0.25) is 0 Å². The third-order valence-electron chi connectivity index (χ3n) is 2.73. The van der Waals surface area contributed by atoms with Gasteiger partial charge in [-0.05, 0) is 36.6 Å². The summed E-state index contributed by atoms with van der Waals surface area (Å²) in [6.07, 6.45) is 0.350. The Hall–Kier alpha value is -2.57. The van der Waals surface area contributed by atoms with E-state index in [-0.39, 0.29) is 5.92 Å². The summed E-state index contributed by atoms with van der Waals surface area (Å²) in [5.74, 6) is -1.40. The van der Waals surface area contributed by atoms with Crippen molar-refractivity contribution in [3.63, 3.8) is 0 Å². The van der Waals surface area contributed by atoms with Crippen LogP contribution in [0.4, 0.5) is 10.5 Å². The molecule has 1 aromatic rings. The molecule has 0 aromatic heterocycles. The predicted molar refractivity (Wildman–Crippen MR) is 78.0 cm³/mol. The Balaban J connectivity index is 2.73. The Morgan fingerprint density at radius 2 is 1.76 bits per heavy atom. The minimum absolute atomic E-state index is 0.147. The molecule has 0 spiro atoms. The average molecular weight is 293 g/mol. The third-order valence-corrected chi connectivity index (χ3v) is 2.73. The minimum atomic E-state index is -1.07. The van der Waals surface area contributed by atoms with E-state index in [0.717, 1.165) is 0 Å². The van der Waals surface area contributed by atoms with E-state index in [1.807, 2.05) is 13.8 Å². The number of hydrogen-bond acceptors (Lipinski definition) is 3. The van der Waals surface area contributed by atoms with Crippen LogP contribution in [0.5, 0.6) is 0 Å². The second-order valence-corrected chi connectivity index (χ2v) is 5.06. The number of carbonyl (C=O) groups is 3. The maximum absolute atomic E-state index is 12.0. The average Bonchev–Trinajstić information content (AvgIpc) is 2.37. The fraction of sp³-hybridized carbons (Fsp3) is 0.357. The molecule has 7 heteroatoms. The van der Waals surface area contributed by atoms with Crippen molar-refractivity contribution in [3.8, 4) is 0 Å². The van der Waals surface area contributed by atoms with Gasteiger partial charge in [-0.25, -0.2) is 9.59 Å². The quantitative estimate of drug-likeness (QED) is 0.633. The Labute approximate surface area is 122 Å². The molecule has 0 aliphatic heterocycles. The van der Waals surface area contributed by atoms with E-state index in [2.05, 4.69) is 10.6 Å². The number of carbonyl (C=O) groups excluding carboxylic acids is 2. The zero-order valence-electron chi connectivity index (χ0n) is 11.9. The van der Waals surface area contributed by atoms with Crippen LogP contribution in [0, 0.1) is 5.92 Å². The number of anilines is 1. The number of carboxylic acids is 1. The van der Waals surface area contributed by atoms with E-state index in [9.17, 15) is 14.4 Å². The SMILES string of the molecule is CC(C)CC(NC(=O)c1ccc(NC(N)=O)cc1)C(=O)O. The van der Waals surface area contributed by atoms with Crippen LogP contribution in [0.1, 0.15) is 30.6 Å². The molecule has 1 unspecified atom stereocenters. The Morgan fingerprint density at radius 3 is 2.19 bits per heavy atom. The second kappa shape index (κ2) is 7.28. The van der Waals surface area contributed by atoms with Gasteiger partial charge < -0.3 is 21.5 Å². The van der Waals surface area contributed by atoms with E-state index in [4.69, 9.17) is 10.8 Å². The fourth-order valence-corrected chi connectivity index (χ4v) is 1.78. The molecule has 0 fully saturated rings. The highest BCUT2D eigenvalue weighted by molar-refractivity contribution is 5.97. The molecule has 1 atom stereocenters. The standard InChI is InChI=1S/C14H19N3O4/c1-8(2)7-11(13(19)20)17-12(18)9-3-5-10(6-4-9)16-14(15)21/h3-6,8,11H,7H2,1-2H3,(H,17,18)(H,19,20)(H3,15,16,21). The van der Waals surface area contributed by atoms with Crippen molar-refractivity contribution in [2.45, 2.75) is 26.3 Å². The zero-order valence-corrected chi connectivity index (χ0v) is 11.9. The molecule has 0 heterocycles. The number of hydrogen-bond donors (Lipinski definition) is 4. The lowest BCUT2D eigenvalue weighted by atomic mass is 10.0. The molecule has 0 bridgehead atoms. The molecule has 0 saturated carbocycles. The molecule has 3 amide bonds. The summed E-state index contributed by atoms with van der Waals surface area (Å²) in [5, 5.41) is 13.9. The number of aliphatic carboxylic acids is 1. The predicted octanol–water partition coefficient (Wildman–Crippen LogP) is 1.41. The number of amides is 3. The van der Waals surface area contributed by atoms with E-state index < -0.39 is 23.9 Å². The van der Waals surface area contributed by atoms with Gasteiger partial charge in [0.05, 0.1) is 0 Å². The third kappa shape index (κ3) is 5.52. The summed E-state index contributed by atoms with van der Waals surface area (Å²) in [6.45, 7) is 3.76. The maximum atomic E-state index is 12.0. The highest BCUT2D eigenvalue weighted by Crippen LogP contribution is 2.11. The number of urea groups is 1. The van der Waals surface area contributed by atoms with Gasteiger partial charge in [0.25, 0.3) is 5.91 Å². The molecule has 21 heavy (non-hydrogen) atoms. The summed E-state index contributed by atoms with van der Waals surface area (Å²) in [4.78, 5) is 33.8. The van der Waals surface area contributed by atoms with Crippen molar-refractivity contribution in [2.75, 3.05) is 5.32 Å². The molecule has 0 saturated heterocycles. The monoisotopic (exact) mass is 293 g/mol. The Morgan fingerprint density at radius 1 is 1.19 bits per heavy atom. The number of rotatable bonds is 6. The van der Waals surface area contributed by atoms with E-state index in [1.54, 1.807) is 0 Å². The van der Waals surface area contributed by atoms with Gasteiger partial charge in [0, 0.05) is 11.3 Å². The first kappa shape index (κ1) is 16.5. The molecule has 1 aromatic carbocycles. The van der Waals surface area contributed by atoms with E-state index in [1.165, 1.54) is 24.3 Å². The molecule has 0 radical (unpaired) electrons. The minimum Gasteiger partial charge on any atom is -0.480 e. The highest BCUT2D eigenvalue weighted by Gasteiger charge is 2.21. The number of carboxylic acid groups (broad SMARTS) is 1. The summed E-state index contributed by atoms with van der Waals surface area (Å²) < 4.78 is 0. The zero-order chi connectivity index (χ0) is 16.0. The van der Waals surface area contributed by atoms with Gasteiger partial charge >= 0.3 is 12.0 Å². The van der Waals surface area contributed by atoms with Crippen molar-refractivity contribution in [1.29, 1.82) is 0 Å². The van der Waals surface area contributed by atoms with Crippen LogP contribution in [0.3, 0.4) is 0 Å². The number of nitrogens with two attached hydrogens (primary N) is 1. The molecular formula is C14H19N3O4. The second-order valence-electron chi connectivity index (χ2n) is 5.06. The fourth-order valence-electron chi connectivity index (χ4n) is 1.78. The van der Waals surface area contributed by atoms with Crippen LogP contribution < -0.4 is 16.4 Å². The van der Waals surface area contributed by atoms with Crippen LogP contribution in [-0.2, 0) is 4.79 Å². The lowest BCUT2D eigenvalue weighted by Crippen LogP contribution is -2.41. The van der Waals surface area contributed by atoms with Crippen molar-refractivity contribution in [1.82, 2.24) is 5.32 Å². The van der Waals surface area contributed by atoms with Crippen LogP contribution in [-0.4, -0.2) is 29.1 Å². The van der Waals surface area contributed by atoms with Gasteiger partial charge in [-0.2, -0.15) is 0 Å². The van der Waals surface area contributed by atoms with Crippen molar-refractivity contribution in [2.24, 2.45) is 11.7 Å². The first-order chi connectivity index (χ1) is 9.79. The lowest BCUT2D eigenvalue weighted by Gasteiger charge is -2.16. The van der Waals surface area contributed by atoms with E-state index >= 15 is 0 Å². The van der Waals surface area contributed by atoms with Gasteiger partial charge in [-0.1, -0.05) is 13.8 Å². The Bertz CT molecular complexity index is 526. The van der Waals surface area contributed by atoms with Crippen LogP contribution >= 0.6 is 0 Å². The van der Waals surface area contributed by atoms with Gasteiger partial charge in [0.15, 0.2) is 0 Å². The van der Waals surface area contributed by atoms with Crippen LogP contribution in [0.15, 0.2) is 24.3 Å². The number of benzene rings is 1. The van der Waals surface area contributed by atoms with E-state index in [0.29, 0.717) is 17.7 Å². The first-order valence-electron chi connectivity index (χ1n) is 6.49. The highest BCUT2D eigenvalue weighted by atomic mass is 16.4. The summed E-state index contributed by atoms with van der Waals surface area (Å²) in [6, 6.07) is 4.36.